The van der Waals surface area contributed by atoms with Crippen molar-refractivity contribution in [1.82, 2.24) is 4.90 Å². The fourth-order valence-corrected chi connectivity index (χ4v) is 2.28. The van der Waals surface area contributed by atoms with E-state index in [9.17, 15) is 9.50 Å². The molecule has 102 valence electrons. The van der Waals surface area contributed by atoms with Crippen molar-refractivity contribution in [2.45, 2.75) is 0 Å². The van der Waals surface area contributed by atoms with Gasteiger partial charge in [0.1, 0.15) is 5.84 Å². The summed E-state index contributed by atoms with van der Waals surface area (Å²) >= 11 is 0. The molecule has 0 aromatic heterocycles. The van der Waals surface area contributed by atoms with Gasteiger partial charge in [-0.15, -0.1) is 0 Å². The Kier molecular flexibility index (Phi) is 3.12. The van der Waals surface area contributed by atoms with E-state index in [0.29, 0.717) is 24.2 Å². The molecule has 0 bridgehead atoms. The van der Waals surface area contributed by atoms with E-state index in [1.165, 1.54) is 6.07 Å². The van der Waals surface area contributed by atoms with E-state index in [2.05, 4.69) is 4.99 Å². The molecule has 4 nitrogen and oxygen atoms in total. The molecule has 0 fully saturated rings. The molecular formula is C15H14FN3O. The molecule has 1 aromatic carbocycles. The topological polar surface area (TPSA) is 61.9 Å². The second-order valence-corrected chi connectivity index (χ2v) is 4.52. The van der Waals surface area contributed by atoms with Crippen molar-refractivity contribution in [3.05, 3.63) is 59.7 Å². The van der Waals surface area contributed by atoms with Crippen molar-refractivity contribution in [3.63, 3.8) is 0 Å². The number of aliphatic imine (C=N–C) groups is 1. The van der Waals surface area contributed by atoms with Gasteiger partial charge >= 0.3 is 0 Å². The lowest BCUT2D eigenvalue weighted by molar-refractivity contribution is 0.431. The number of fused-ring (bicyclic) bond motifs is 1. The molecule has 2 aliphatic rings. The van der Waals surface area contributed by atoms with Crippen LogP contribution in [0.3, 0.4) is 0 Å². The van der Waals surface area contributed by atoms with Crippen LogP contribution in [0.15, 0.2) is 53.3 Å². The smallest absolute Gasteiger partial charge is 0.165 e. The fraction of sp³-hybridized carbons (Fsp3) is 0.133. The number of nitrogens with zero attached hydrogens (tertiary/aromatic N) is 2. The monoisotopic (exact) mass is 271 g/mol. The Morgan fingerprint density at radius 2 is 2.20 bits per heavy atom. The number of halogens is 1. The van der Waals surface area contributed by atoms with Crippen molar-refractivity contribution in [1.29, 1.82) is 0 Å². The van der Waals surface area contributed by atoms with Gasteiger partial charge in [0.05, 0.1) is 6.54 Å². The number of hydrogen-bond acceptors (Lipinski definition) is 4. The van der Waals surface area contributed by atoms with Crippen LogP contribution in [0.5, 0.6) is 5.75 Å². The molecule has 0 saturated heterocycles. The predicted octanol–water partition coefficient (Wildman–Crippen LogP) is 2.00. The van der Waals surface area contributed by atoms with Crippen LogP contribution in [0, 0.1) is 5.82 Å². The van der Waals surface area contributed by atoms with Gasteiger partial charge in [-0.3, -0.25) is 4.99 Å². The lowest BCUT2D eigenvalue weighted by Gasteiger charge is -2.29. The first kappa shape index (κ1) is 12.6. The highest BCUT2D eigenvalue weighted by Crippen LogP contribution is 2.31. The molecule has 20 heavy (non-hydrogen) atoms. The van der Waals surface area contributed by atoms with Crippen LogP contribution in [-0.2, 0) is 0 Å². The first-order chi connectivity index (χ1) is 9.70. The summed E-state index contributed by atoms with van der Waals surface area (Å²) in [6.45, 7) is 1.00. The highest BCUT2D eigenvalue weighted by atomic mass is 19.1. The Morgan fingerprint density at radius 3 is 3.00 bits per heavy atom. The number of nitrogens with two attached hydrogens (primary N) is 1. The molecule has 0 saturated carbocycles. The van der Waals surface area contributed by atoms with Gasteiger partial charge in [-0.25, -0.2) is 4.39 Å². The van der Waals surface area contributed by atoms with Gasteiger partial charge in [-0.05, 0) is 24.3 Å². The third-order valence-corrected chi connectivity index (χ3v) is 3.32. The van der Waals surface area contributed by atoms with E-state index in [1.807, 2.05) is 29.3 Å². The van der Waals surface area contributed by atoms with Gasteiger partial charge in [0.2, 0.25) is 0 Å². The maximum atomic E-state index is 13.4. The van der Waals surface area contributed by atoms with Gasteiger partial charge in [0.15, 0.2) is 11.6 Å². The molecule has 0 spiro atoms. The number of phenolic OH excluding ortho intramolecular Hbond substituents is 1. The Hall–Kier alpha value is -2.40. The van der Waals surface area contributed by atoms with E-state index < -0.39 is 5.82 Å². The first-order valence-corrected chi connectivity index (χ1v) is 6.31. The minimum absolute atomic E-state index is 0.348. The van der Waals surface area contributed by atoms with Crippen LogP contribution in [-0.4, -0.2) is 28.9 Å². The molecule has 0 aliphatic carbocycles. The largest absolute Gasteiger partial charge is 0.504 e. The van der Waals surface area contributed by atoms with Crippen LogP contribution in [0.1, 0.15) is 5.56 Å². The first-order valence-electron chi connectivity index (χ1n) is 6.31. The summed E-state index contributed by atoms with van der Waals surface area (Å²) in [6, 6.07) is 4.47. The van der Waals surface area contributed by atoms with Crippen LogP contribution < -0.4 is 5.73 Å². The summed E-state index contributed by atoms with van der Waals surface area (Å²) < 4.78 is 13.4. The molecule has 3 N–H and O–H groups in total. The quantitative estimate of drug-likeness (QED) is 0.864. The lowest BCUT2D eigenvalue weighted by Crippen LogP contribution is -2.32. The summed E-state index contributed by atoms with van der Waals surface area (Å²) in [6.07, 6.45) is 7.40. The highest BCUT2D eigenvalue weighted by molar-refractivity contribution is 6.01. The molecule has 0 radical (unpaired) electrons. The number of amidine groups is 1. The van der Waals surface area contributed by atoms with Crippen molar-refractivity contribution >= 4 is 11.4 Å². The van der Waals surface area contributed by atoms with Crippen molar-refractivity contribution in [3.8, 4) is 5.75 Å². The minimum atomic E-state index is -0.635. The van der Waals surface area contributed by atoms with Crippen LogP contribution in [0.4, 0.5) is 4.39 Å². The molecule has 1 aromatic rings. The number of para-hydroxylation sites is 1. The summed E-state index contributed by atoms with van der Waals surface area (Å²) in [4.78, 5) is 6.22. The van der Waals surface area contributed by atoms with Crippen molar-refractivity contribution in [2.24, 2.45) is 10.7 Å². The van der Waals surface area contributed by atoms with Gasteiger partial charge in [0.25, 0.3) is 0 Å². The summed E-state index contributed by atoms with van der Waals surface area (Å²) in [5.74, 6) is -0.184. The third kappa shape index (κ3) is 2.02. The number of benzene rings is 1. The van der Waals surface area contributed by atoms with E-state index in [1.54, 1.807) is 12.1 Å². The van der Waals surface area contributed by atoms with Crippen molar-refractivity contribution < 1.29 is 9.50 Å². The van der Waals surface area contributed by atoms with Gasteiger partial charge in [-0.1, -0.05) is 12.1 Å². The zero-order valence-electron chi connectivity index (χ0n) is 10.8. The third-order valence-electron chi connectivity index (χ3n) is 3.32. The molecule has 2 heterocycles. The Balaban J connectivity index is 2.04. The average molecular weight is 271 g/mol. The summed E-state index contributed by atoms with van der Waals surface area (Å²) in [7, 11) is 0. The molecule has 0 unspecified atom stereocenters. The number of aromatic hydroxyl groups is 1. The normalized spacial score (nSPS) is 17.3. The maximum absolute atomic E-state index is 13.4. The Bertz CT molecular complexity index is 674. The van der Waals surface area contributed by atoms with Gasteiger partial charge < -0.3 is 15.7 Å². The maximum Gasteiger partial charge on any atom is 0.165 e. The molecule has 5 heteroatoms. The van der Waals surface area contributed by atoms with Crippen LogP contribution in [0.2, 0.25) is 0 Å². The minimum Gasteiger partial charge on any atom is -0.504 e. The molecule has 2 aliphatic heterocycles. The predicted molar refractivity (Wildman–Crippen MR) is 76.5 cm³/mol. The number of allylic oxidation sites excluding steroid dienone is 2. The lowest BCUT2D eigenvalue weighted by atomic mass is 10.0. The van der Waals surface area contributed by atoms with E-state index in [0.717, 1.165) is 11.5 Å². The molecular weight excluding hydrogens is 257 g/mol. The second-order valence-electron chi connectivity index (χ2n) is 4.52. The standard InChI is InChI=1S/C15H14FN3O/c16-13-3-1-2-12(15(13)20)10-4-5-14-18-7-6-11(8-17)19(14)9-10/h1-6,9,20H,7-8,17H2. The summed E-state index contributed by atoms with van der Waals surface area (Å²) in [5, 5.41) is 9.83. The van der Waals surface area contributed by atoms with Gasteiger partial charge in [0, 0.05) is 29.6 Å². The Labute approximate surface area is 116 Å². The molecule has 0 amide bonds. The number of phenols is 1. The van der Waals surface area contributed by atoms with Gasteiger partial charge in [-0.2, -0.15) is 0 Å². The van der Waals surface area contributed by atoms with Crippen LogP contribution in [0.25, 0.3) is 5.57 Å². The number of hydrogen-bond donors (Lipinski definition) is 2. The highest BCUT2D eigenvalue weighted by Gasteiger charge is 2.20. The average Bonchev–Trinajstić information content (AvgIpc) is 2.49. The molecule has 3 rings (SSSR count). The zero-order valence-corrected chi connectivity index (χ0v) is 10.8. The number of rotatable bonds is 2. The SMILES string of the molecule is NCC1=CCN=C2C=CC(c3cccc(F)c3O)=CN12. The van der Waals surface area contributed by atoms with Crippen molar-refractivity contribution in [2.75, 3.05) is 13.1 Å². The summed E-state index contributed by atoms with van der Waals surface area (Å²) in [5.41, 5.74) is 7.82. The molecule has 0 atom stereocenters. The van der Waals surface area contributed by atoms with E-state index >= 15 is 0 Å². The van der Waals surface area contributed by atoms with Crippen LogP contribution >= 0.6 is 0 Å². The zero-order chi connectivity index (χ0) is 14.1. The second kappa shape index (κ2) is 4.94. The van der Waals surface area contributed by atoms with E-state index in [4.69, 9.17) is 5.73 Å². The van der Waals surface area contributed by atoms with E-state index in [-0.39, 0.29) is 5.75 Å². The fourth-order valence-electron chi connectivity index (χ4n) is 2.28. The Morgan fingerprint density at radius 1 is 1.35 bits per heavy atom.